The van der Waals surface area contributed by atoms with Crippen LogP contribution in [-0.4, -0.2) is 127 Å². The van der Waals surface area contributed by atoms with Crippen LogP contribution < -0.4 is 0 Å². The molecule has 256 valence electrons. The molecule has 0 aromatic rings. The Kier molecular flexibility index (Phi) is 8.77. The zero-order chi connectivity index (χ0) is 32.7. The van der Waals surface area contributed by atoms with Gasteiger partial charge in [0.15, 0.2) is 6.29 Å². The minimum Gasteiger partial charge on any atom is -0.432 e. The molecule has 6 rings (SSSR count). The Balaban J connectivity index is 1.20. The lowest BCUT2D eigenvalue weighted by atomic mass is 9.41. The SMILES string of the molecule is C=C1CC23CC[C@H]4[C@@](C)(CCC[C@@]4(C)C(=O)O[C@@H]4O[C@H](CO)[C@@H](O)[C@H](O)[C@H]4O)[C@@H]2CC[C@]1(O[C@@H]1O[C@H](CO)[C@@H](O)[C@H](O)[C@H]1O)C3. The van der Waals surface area contributed by atoms with Gasteiger partial charge in [0.05, 0.1) is 24.2 Å². The Bertz CT molecular complexity index is 1150. The lowest BCUT2D eigenvalue weighted by molar-refractivity contribution is -0.327. The number of aliphatic hydroxyl groups excluding tert-OH is 8. The van der Waals surface area contributed by atoms with E-state index in [2.05, 4.69) is 13.5 Å². The predicted octanol–water partition coefficient (Wildman–Crippen LogP) is -0.762. The Hall–Kier alpha value is -1.23. The van der Waals surface area contributed by atoms with Gasteiger partial charge in [0, 0.05) is 0 Å². The molecular weight excluding hydrogens is 592 g/mol. The largest absolute Gasteiger partial charge is 0.432 e. The average Bonchev–Trinajstić information content (AvgIpc) is 3.20. The molecule has 0 aromatic carbocycles. The molecule has 2 aliphatic heterocycles. The molecule has 4 aliphatic carbocycles. The van der Waals surface area contributed by atoms with Gasteiger partial charge in [0.2, 0.25) is 6.29 Å². The van der Waals surface area contributed by atoms with Crippen molar-refractivity contribution in [2.45, 2.75) is 139 Å². The van der Waals surface area contributed by atoms with Gasteiger partial charge < -0.3 is 59.8 Å². The molecule has 45 heavy (non-hydrogen) atoms. The maximum Gasteiger partial charge on any atom is 0.314 e. The van der Waals surface area contributed by atoms with Crippen molar-refractivity contribution in [2.24, 2.45) is 28.1 Å². The highest BCUT2D eigenvalue weighted by molar-refractivity contribution is 5.77. The van der Waals surface area contributed by atoms with Crippen LogP contribution in [0, 0.1) is 28.1 Å². The van der Waals surface area contributed by atoms with Crippen LogP contribution in [0.4, 0.5) is 0 Å². The topological polar surface area (TPSA) is 216 Å². The Morgan fingerprint density at radius 1 is 0.800 bits per heavy atom. The van der Waals surface area contributed by atoms with Gasteiger partial charge in [0.25, 0.3) is 0 Å². The number of fused-ring (bicyclic) bond motifs is 3. The van der Waals surface area contributed by atoms with Gasteiger partial charge in [-0.2, -0.15) is 0 Å². The van der Waals surface area contributed by atoms with Gasteiger partial charge in [0.1, 0.15) is 48.8 Å². The summed E-state index contributed by atoms with van der Waals surface area (Å²) < 4.78 is 23.4. The third kappa shape index (κ3) is 5.04. The number of rotatable bonds is 6. The molecule has 2 heterocycles. The van der Waals surface area contributed by atoms with Gasteiger partial charge in [-0.25, -0.2) is 0 Å². The van der Waals surface area contributed by atoms with Crippen LogP contribution in [0.25, 0.3) is 0 Å². The molecule has 16 atom stereocenters. The van der Waals surface area contributed by atoms with Crippen LogP contribution in [0.15, 0.2) is 12.2 Å². The molecular formula is C32H50O13. The number of esters is 1. The summed E-state index contributed by atoms with van der Waals surface area (Å²) in [7, 11) is 0. The minimum absolute atomic E-state index is 0.0421. The predicted molar refractivity (Wildman–Crippen MR) is 154 cm³/mol. The molecule has 13 heteroatoms. The number of hydrogen-bond acceptors (Lipinski definition) is 13. The van der Waals surface area contributed by atoms with Crippen molar-refractivity contribution in [3.05, 3.63) is 12.2 Å². The van der Waals surface area contributed by atoms with Crippen molar-refractivity contribution >= 4 is 5.97 Å². The molecule has 8 N–H and O–H groups in total. The summed E-state index contributed by atoms with van der Waals surface area (Å²) in [6.07, 6.45) is -7.82. The lowest BCUT2D eigenvalue weighted by Gasteiger charge is -2.64. The third-order valence-corrected chi connectivity index (χ3v) is 12.9. The molecule has 13 nitrogen and oxygen atoms in total. The molecule has 6 fully saturated rings. The number of carbonyl (C=O) groups excluding carboxylic acids is 1. The van der Waals surface area contributed by atoms with E-state index in [4.69, 9.17) is 18.9 Å². The summed E-state index contributed by atoms with van der Waals surface area (Å²) in [4.78, 5) is 13.9. The first-order chi connectivity index (χ1) is 21.2. The van der Waals surface area contributed by atoms with E-state index in [1.165, 1.54) is 0 Å². The molecule has 2 bridgehead atoms. The van der Waals surface area contributed by atoms with Gasteiger partial charge in [-0.05, 0) is 86.5 Å². The van der Waals surface area contributed by atoms with Crippen molar-refractivity contribution in [2.75, 3.05) is 13.2 Å². The first-order valence-corrected chi connectivity index (χ1v) is 16.3. The fourth-order valence-corrected chi connectivity index (χ4v) is 10.5. The first-order valence-electron chi connectivity index (χ1n) is 16.3. The van der Waals surface area contributed by atoms with E-state index in [9.17, 15) is 45.6 Å². The number of ether oxygens (including phenoxy) is 4. The van der Waals surface area contributed by atoms with Crippen LogP contribution in [0.5, 0.6) is 0 Å². The van der Waals surface area contributed by atoms with E-state index in [-0.39, 0.29) is 22.7 Å². The summed E-state index contributed by atoms with van der Waals surface area (Å²) in [5.41, 5.74) is -1.20. The highest BCUT2D eigenvalue weighted by Gasteiger charge is 2.69. The summed E-state index contributed by atoms with van der Waals surface area (Å²) >= 11 is 0. The van der Waals surface area contributed by atoms with Crippen LogP contribution in [0.2, 0.25) is 0 Å². The van der Waals surface area contributed by atoms with Crippen LogP contribution in [0.1, 0.15) is 71.6 Å². The highest BCUT2D eigenvalue weighted by atomic mass is 16.7. The van der Waals surface area contributed by atoms with Gasteiger partial charge in [-0.1, -0.05) is 19.9 Å². The Labute approximate surface area is 262 Å². The molecule has 1 spiro atoms. The zero-order valence-corrected chi connectivity index (χ0v) is 26.0. The summed E-state index contributed by atoms with van der Waals surface area (Å²) in [5.74, 6) is -0.348. The van der Waals surface area contributed by atoms with Gasteiger partial charge >= 0.3 is 5.97 Å². The van der Waals surface area contributed by atoms with Crippen molar-refractivity contribution in [1.29, 1.82) is 0 Å². The second kappa shape index (κ2) is 11.7. The minimum atomic E-state index is -1.67. The van der Waals surface area contributed by atoms with Crippen molar-refractivity contribution in [1.82, 2.24) is 0 Å². The molecule has 6 aliphatic rings. The van der Waals surface area contributed by atoms with Crippen LogP contribution in [0.3, 0.4) is 0 Å². The van der Waals surface area contributed by atoms with Crippen molar-refractivity contribution in [3.8, 4) is 0 Å². The maximum atomic E-state index is 13.9. The third-order valence-electron chi connectivity index (χ3n) is 12.9. The summed E-state index contributed by atoms with van der Waals surface area (Å²) in [6, 6.07) is 0. The Morgan fingerprint density at radius 2 is 1.38 bits per heavy atom. The number of hydrogen-bond donors (Lipinski definition) is 8. The van der Waals surface area contributed by atoms with E-state index in [0.29, 0.717) is 25.7 Å². The monoisotopic (exact) mass is 642 g/mol. The molecule has 2 saturated heterocycles. The summed E-state index contributed by atoms with van der Waals surface area (Å²) in [5, 5.41) is 81.4. The van der Waals surface area contributed by atoms with E-state index < -0.39 is 91.6 Å². The second-order valence-corrected chi connectivity index (χ2v) is 15.2. The van der Waals surface area contributed by atoms with E-state index >= 15 is 0 Å². The van der Waals surface area contributed by atoms with Gasteiger partial charge in [-0.3, -0.25) is 4.79 Å². The summed E-state index contributed by atoms with van der Waals surface area (Å²) in [6.45, 7) is 7.41. The van der Waals surface area contributed by atoms with Crippen molar-refractivity contribution < 1.29 is 64.6 Å². The Morgan fingerprint density at radius 3 is 2.00 bits per heavy atom. The molecule has 0 radical (unpaired) electrons. The molecule has 4 saturated carbocycles. The lowest BCUT2D eigenvalue weighted by Crippen LogP contribution is -2.63. The van der Waals surface area contributed by atoms with Crippen LogP contribution >= 0.6 is 0 Å². The highest BCUT2D eigenvalue weighted by Crippen LogP contribution is 2.73. The average molecular weight is 643 g/mol. The van der Waals surface area contributed by atoms with Crippen LogP contribution in [-0.2, 0) is 23.7 Å². The molecule has 0 amide bonds. The van der Waals surface area contributed by atoms with Gasteiger partial charge in [-0.15, -0.1) is 0 Å². The van der Waals surface area contributed by atoms with Crippen molar-refractivity contribution in [3.63, 3.8) is 0 Å². The number of aliphatic hydroxyl groups is 8. The quantitative estimate of drug-likeness (QED) is 0.102. The smallest absolute Gasteiger partial charge is 0.314 e. The number of carbonyl (C=O) groups is 1. The van der Waals surface area contributed by atoms with E-state index in [1.807, 2.05) is 6.92 Å². The standard InChI is InChI=1S/C32H50O13/c1-15-11-31-9-5-18-29(2,7-4-8-30(18,3)28(41)44-26-24(39)22(37)20(35)16(12-33)42-26)19(31)6-10-32(15,14-31)45-27-25(40)23(38)21(36)17(13-34)43-27/h16-27,33-40H,1,4-14H2,2-3H3/t16-,17-,18+,19+,20-,21-,22+,23+,24-,25-,26+,27+,29-,30-,31?,32+/m1/s1. The first kappa shape index (κ1) is 33.7. The fourth-order valence-electron chi connectivity index (χ4n) is 10.5. The zero-order valence-electron chi connectivity index (χ0n) is 26.0. The normalized spacial score (nSPS) is 54.7. The maximum absolute atomic E-state index is 13.9. The molecule has 0 aromatic heterocycles. The van der Waals surface area contributed by atoms with E-state index in [0.717, 1.165) is 37.7 Å². The second-order valence-electron chi connectivity index (χ2n) is 15.2. The van der Waals surface area contributed by atoms with E-state index in [1.54, 1.807) is 0 Å². The fraction of sp³-hybridized carbons (Fsp3) is 0.906. The molecule has 1 unspecified atom stereocenters.